The fourth-order valence-corrected chi connectivity index (χ4v) is 4.18. The Morgan fingerprint density at radius 1 is 1.33 bits per heavy atom. The minimum absolute atomic E-state index is 0.0324. The zero-order chi connectivity index (χ0) is 19.4. The van der Waals surface area contributed by atoms with E-state index in [0.29, 0.717) is 24.6 Å². The Hall–Kier alpha value is -2.45. The van der Waals surface area contributed by atoms with Crippen molar-refractivity contribution in [2.45, 2.75) is 31.3 Å². The molecule has 1 aliphatic rings. The first-order chi connectivity index (χ1) is 12.9. The number of aromatic nitrogens is 2. The van der Waals surface area contributed by atoms with Crippen LogP contribution in [0.25, 0.3) is 0 Å². The van der Waals surface area contributed by atoms with Crippen LogP contribution in [0.4, 0.5) is 0 Å². The third-order valence-electron chi connectivity index (χ3n) is 4.52. The van der Waals surface area contributed by atoms with E-state index in [0.717, 1.165) is 0 Å². The highest BCUT2D eigenvalue weighted by atomic mass is 32.2. The molecule has 2 aromatic rings. The van der Waals surface area contributed by atoms with Crippen LogP contribution in [-0.2, 0) is 16.6 Å². The molecule has 3 rings (SSSR count). The van der Waals surface area contributed by atoms with Gasteiger partial charge in [0.1, 0.15) is 0 Å². The van der Waals surface area contributed by atoms with E-state index in [2.05, 4.69) is 23.7 Å². The number of rotatable bonds is 7. The van der Waals surface area contributed by atoms with Crippen molar-refractivity contribution < 1.29 is 13.2 Å². The van der Waals surface area contributed by atoms with Crippen LogP contribution >= 0.6 is 0 Å². The van der Waals surface area contributed by atoms with E-state index in [1.54, 1.807) is 40.2 Å². The van der Waals surface area contributed by atoms with Crippen molar-refractivity contribution in [3.8, 4) is 0 Å². The van der Waals surface area contributed by atoms with Crippen LogP contribution < -0.4 is 4.72 Å². The molecule has 1 aliphatic heterocycles. The highest BCUT2D eigenvalue weighted by Gasteiger charge is 2.28. The van der Waals surface area contributed by atoms with Crippen molar-refractivity contribution >= 4 is 15.9 Å². The summed E-state index contributed by atoms with van der Waals surface area (Å²) in [6.45, 7) is 5.31. The molecule has 0 bridgehead atoms. The molecule has 0 radical (unpaired) electrons. The van der Waals surface area contributed by atoms with Gasteiger partial charge < -0.3 is 4.90 Å². The zero-order valence-electron chi connectivity index (χ0n) is 15.4. The first-order valence-corrected chi connectivity index (χ1v) is 10.4. The van der Waals surface area contributed by atoms with Gasteiger partial charge in [-0.05, 0) is 30.2 Å². The average molecular weight is 388 g/mol. The van der Waals surface area contributed by atoms with Gasteiger partial charge in [0.05, 0.1) is 17.5 Å². The van der Waals surface area contributed by atoms with Gasteiger partial charge in [0.25, 0.3) is 5.91 Å². The van der Waals surface area contributed by atoms with E-state index in [9.17, 15) is 13.2 Å². The molecule has 1 N–H and O–H groups in total. The van der Waals surface area contributed by atoms with Gasteiger partial charge in [0.15, 0.2) is 0 Å². The van der Waals surface area contributed by atoms with E-state index in [4.69, 9.17) is 0 Å². The van der Waals surface area contributed by atoms with E-state index < -0.39 is 10.0 Å². The van der Waals surface area contributed by atoms with Crippen molar-refractivity contribution in [3.05, 3.63) is 60.4 Å². The third kappa shape index (κ3) is 4.45. The molecule has 0 unspecified atom stereocenters. The summed E-state index contributed by atoms with van der Waals surface area (Å²) in [5.74, 6) is 0.135. The van der Waals surface area contributed by atoms with Gasteiger partial charge in [-0.1, -0.05) is 32.1 Å². The number of hydrogen-bond donors (Lipinski definition) is 1. The van der Waals surface area contributed by atoms with Crippen LogP contribution in [0.5, 0.6) is 0 Å². The van der Waals surface area contributed by atoms with Crippen molar-refractivity contribution in [1.29, 1.82) is 0 Å². The van der Waals surface area contributed by atoms with Gasteiger partial charge in [-0.25, -0.2) is 13.1 Å². The van der Waals surface area contributed by atoms with Gasteiger partial charge in [0, 0.05) is 31.0 Å². The lowest BCUT2D eigenvalue weighted by Crippen LogP contribution is -2.39. The van der Waals surface area contributed by atoms with Crippen molar-refractivity contribution in [1.82, 2.24) is 19.4 Å². The molecule has 0 spiro atoms. The molecule has 0 aliphatic carbocycles. The second kappa shape index (κ2) is 8.06. The second-order valence-electron chi connectivity index (χ2n) is 6.82. The normalized spacial score (nSPS) is 17.0. The number of hydrogen-bond acceptors (Lipinski definition) is 4. The monoisotopic (exact) mass is 388 g/mol. The van der Waals surface area contributed by atoms with E-state index in [-0.39, 0.29) is 23.4 Å². The van der Waals surface area contributed by atoms with Gasteiger partial charge in [0.2, 0.25) is 10.0 Å². The lowest BCUT2D eigenvalue weighted by Gasteiger charge is -2.27. The largest absolute Gasteiger partial charge is 0.328 e. The Kier molecular flexibility index (Phi) is 5.76. The van der Waals surface area contributed by atoms with Crippen LogP contribution in [0.15, 0.2) is 59.8 Å². The molecule has 0 saturated carbocycles. The van der Waals surface area contributed by atoms with Crippen LogP contribution in [-0.4, -0.2) is 48.1 Å². The standard InChI is InChI=1S/C19H24N4O3S/c1-15(2)18-8-4-12-23(18)19(24)16-6-3-7-17(14-16)27(25,26)21-10-13-22-11-5-9-20-22/h3-9,11,14-15,18,21H,10,12-13H2,1-2H3/t18-/m0/s1. The summed E-state index contributed by atoms with van der Waals surface area (Å²) in [6, 6.07) is 8.00. The van der Waals surface area contributed by atoms with Gasteiger partial charge >= 0.3 is 0 Å². The molecule has 1 aromatic carbocycles. The predicted octanol–water partition coefficient (Wildman–Crippen LogP) is 1.90. The minimum atomic E-state index is -3.70. The van der Waals surface area contributed by atoms with E-state index in [1.807, 2.05) is 12.2 Å². The molecule has 0 saturated heterocycles. The Morgan fingerprint density at radius 2 is 2.15 bits per heavy atom. The number of carbonyl (C=O) groups excluding carboxylic acids is 1. The third-order valence-corrected chi connectivity index (χ3v) is 5.98. The molecule has 7 nitrogen and oxygen atoms in total. The van der Waals surface area contributed by atoms with Crippen molar-refractivity contribution in [2.75, 3.05) is 13.1 Å². The SMILES string of the molecule is CC(C)[C@@H]1C=CCN1C(=O)c1cccc(S(=O)(=O)NCCn2cccn2)c1. The van der Waals surface area contributed by atoms with Crippen LogP contribution in [0.3, 0.4) is 0 Å². The first kappa shape index (κ1) is 19.3. The molecular weight excluding hydrogens is 364 g/mol. The number of nitrogens with one attached hydrogen (secondary N) is 1. The fourth-order valence-electron chi connectivity index (χ4n) is 3.11. The Labute approximate surface area is 159 Å². The molecule has 1 amide bonds. The maximum atomic E-state index is 12.9. The van der Waals surface area contributed by atoms with Crippen LogP contribution in [0.1, 0.15) is 24.2 Å². The summed E-state index contributed by atoms with van der Waals surface area (Å²) in [4.78, 5) is 14.7. The lowest BCUT2D eigenvalue weighted by atomic mass is 10.0. The molecular formula is C19H24N4O3S. The first-order valence-electron chi connectivity index (χ1n) is 8.93. The second-order valence-corrected chi connectivity index (χ2v) is 8.58. The number of benzene rings is 1. The minimum Gasteiger partial charge on any atom is -0.328 e. The molecule has 2 heterocycles. The number of sulfonamides is 1. The lowest BCUT2D eigenvalue weighted by molar-refractivity contribution is 0.0720. The summed E-state index contributed by atoms with van der Waals surface area (Å²) in [6.07, 6.45) is 7.41. The van der Waals surface area contributed by atoms with Gasteiger partial charge in [-0.2, -0.15) is 5.10 Å². The van der Waals surface area contributed by atoms with Crippen LogP contribution in [0, 0.1) is 5.92 Å². The topological polar surface area (TPSA) is 84.3 Å². The van der Waals surface area contributed by atoms with Crippen LogP contribution in [0.2, 0.25) is 0 Å². The van der Waals surface area contributed by atoms with Crippen molar-refractivity contribution in [2.24, 2.45) is 5.92 Å². The molecule has 27 heavy (non-hydrogen) atoms. The molecule has 1 atom stereocenters. The Bertz CT molecular complexity index is 920. The highest BCUT2D eigenvalue weighted by molar-refractivity contribution is 7.89. The molecule has 144 valence electrons. The smallest absolute Gasteiger partial charge is 0.254 e. The number of carbonyl (C=O) groups is 1. The van der Waals surface area contributed by atoms with Crippen molar-refractivity contribution in [3.63, 3.8) is 0 Å². The maximum absolute atomic E-state index is 12.9. The van der Waals surface area contributed by atoms with E-state index >= 15 is 0 Å². The number of nitrogens with zero attached hydrogens (tertiary/aromatic N) is 3. The molecule has 0 fully saturated rings. The summed E-state index contributed by atoms with van der Waals surface area (Å²) >= 11 is 0. The molecule has 8 heteroatoms. The molecule has 1 aromatic heterocycles. The summed E-state index contributed by atoms with van der Waals surface area (Å²) in [7, 11) is -3.70. The summed E-state index contributed by atoms with van der Waals surface area (Å²) in [5.41, 5.74) is 0.374. The van der Waals surface area contributed by atoms with Gasteiger partial charge in [-0.3, -0.25) is 9.48 Å². The average Bonchev–Trinajstić information content (AvgIpc) is 3.33. The van der Waals surface area contributed by atoms with Gasteiger partial charge in [-0.15, -0.1) is 0 Å². The Balaban J connectivity index is 1.71. The Morgan fingerprint density at radius 3 is 2.85 bits per heavy atom. The summed E-state index contributed by atoms with van der Waals surface area (Å²) < 4.78 is 29.3. The highest BCUT2D eigenvalue weighted by Crippen LogP contribution is 2.21. The quantitative estimate of drug-likeness (QED) is 0.734. The number of amides is 1. The van der Waals surface area contributed by atoms with E-state index in [1.165, 1.54) is 12.1 Å². The summed E-state index contributed by atoms with van der Waals surface area (Å²) in [5, 5.41) is 4.04. The fraction of sp³-hybridized carbons (Fsp3) is 0.368. The predicted molar refractivity (Wildman–Crippen MR) is 103 cm³/mol. The zero-order valence-corrected chi connectivity index (χ0v) is 16.3. The maximum Gasteiger partial charge on any atom is 0.254 e.